The van der Waals surface area contributed by atoms with E-state index in [0.29, 0.717) is 5.15 Å². The van der Waals surface area contributed by atoms with Crippen LogP contribution in [-0.2, 0) is 5.54 Å². The molecule has 2 aliphatic rings. The van der Waals surface area contributed by atoms with Crippen molar-refractivity contribution in [3.63, 3.8) is 0 Å². The molecule has 0 unspecified atom stereocenters. The third-order valence-electron chi connectivity index (χ3n) is 3.90. The van der Waals surface area contributed by atoms with Gasteiger partial charge in [0.2, 0.25) is 0 Å². The molecule has 2 nitrogen and oxygen atoms in total. The van der Waals surface area contributed by atoms with E-state index in [0.717, 1.165) is 0 Å². The first-order valence-electron chi connectivity index (χ1n) is 5.69. The van der Waals surface area contributed by atoms with Crippen molar-refractivity contribution in [2.24, 2.45) is 0 Å². The summed E-state index contributed by atoms with van der Waals surface area (Å²) < 4.78 is 0. The molecule has 0 saturated carbocycles. The molecular formula is C12H15ClN2. The van der Waals surface area contributed by atoms with Crippen molar-refractivity contribution in [2.45, 2.75) is 31.2 Å². The summed E-state index contributed by atoms with van der Waals surface area (Å²) in [7, 11) is 0. The lowest BCUT2D eigenvalue weighted by molar-refractivity contribution is 0.197. The van der Waals surface area contributed by atoms with Crippen LogP contribution in [0.2, 0.25) is 5.15 Å². The normalized spacial score (nSPS) is 24.3. The molecule has 0 aromatic carbocycles. The highest BCUT2D eigenvalue weighted by Crippen LogP contribution is 2.48. The molecule has 0 amide bonds. The second-order valence-corrected chi connectivity index (χ2v) is 4.93. The lowest BCUT2D eigenvalue weighted by Gasteiger charge is -2.32. The predicted octanol–water partition coefficient (Wildman–Crippen LogP) is 2.82. The van der Waals surface area contributed by atoms with Crippen molar-refractivity contribution in [3.05, 3.63) is 29.0 Å². The van der Waals surface area contributed by atoms with Crippen molar-refractivity contribution in [2.75, 3.05) is 13.1 Å². The van der Waals surface area contributed by atoms with Gasteiger partial charge in [0.1, 0.15) is 5.15 Å². The number of aromatic nitrogens is 1. The number of hydrogen-bond acceptors (Lipinski definition) is 2. The van der Waals surface area contributed by atoms with Crippen LogP contribution >= 0.6 is 11.6 Å². The highest BCUT2D eigenvalue weighted by atomic mass is 35.5. The Labute approximate surface area is 95.3 Å². The van der Waals surface area contributed by atoms with Gasteiger partial charge in [-0.15, -0.1) is 0 Å². The summed E-state index contributed by atoms with van der Waals surface area (Å²) in [4.78, 5) is 6.81. The minimum absolute atomic E-state index is 0.228. The van der Waals surface area contributed by atoms with Crippen molar-refractivity contribution < 1.29 is 0 Å². The van der Waals surface area contributed by atoms with Gasteiger partial charge in [0.25, 0.3) is 0 Å². The standard InChI is InChI=1S/C12H15ClN2/c13-11-10(4-1-7-14-11)12-5-2-8-15(12)9-3-6-12/h1,4,7H,2-3,5-6,8-9H2. The molecule has 0 bridgehead atoms. The quantitative estimate of drug-likeness (QED) is 0.680. The highest BCUT2D eigenvalue weighted by molar-refractivity contribution is 6.30. The molecule has 3 rings (SSSR count). The van der Waals surface area contributed by atoms with E-state index in [1.807, 2.05) is 6.07 Å². The summed E-state index contributed by atoms with van der Waals surface area (Å²) in [6, 6.07) is 4.16. The topological polar surface area (TPSA) is 16.1 Å². The van der Waals surface area contributed by atoms with Crippen LogP contribution in [0.25, 0.3) is 0 Å². The van der Waals surface area contributed by atoms with Crippen LogP contribution in [-0.4, -0.2) is 23.0 Å². The van der Waals surface area contributed by atoms with E-state index in [2.05, 4.69) is 16.0 Å². The van der Waals surface area contributed by atoms with E-state index >= 15 is 0 Å². The summed E-state index contributed by atoms with van der Waals surface area (Å²) in [5, 5.41) is 0.700. The maximum atomic E-state index is 6.23. The molecule has 2 fully saturated rings. The van der Waals surface area contributed by atoms with Gasteiger partial charge >= 0.3 is 0 Å². The zero-order chi connectivity index (χ0) is 10.3. The largest absolute Gasteiger partial charge is 0.293 e. The van der Waals surface area contributed by atoms with Crippen molar-refractivity contribution in [1.82, 2.24) is 9.88 Å². The second-order valence-electron chi connectivity index (χ2n) is 4.57. The fourth-order valence-corrected chi connectivity index (χ4v) is 3.57. The number of nitrogens with zero attached hydrogens (tertiary/aromatic N) is 2. The van der Waals surface area contributed by atoms with Crippen molar-refractivity contribution in [1.29, 1.82) is 0 Å². The minimum Gasteiger partial charge on any atom is -0.293 e. The van der Waals surface area contributed by atoms with Gasteiger partial charge in [0.15, 0.2) is 0 Å². The van der Waals surface area contributed by atoms with Crippen molar-refractivity contribution in [3.8, 4) is 0 Å². The molecule has 0 spiro atoms. The smallest absolute Gasteiger partial charge is 0.134 e. The SMILES string of the molecule is Clc1ncccc1C12CCCN1CCC2. The van der Waals surface area contributed by atoms with Gasteiger partial charge in [-0.2, -0.15) is 0 Å². The maximum absolute atomic E-state index is 6.23. The molecular weight excluding hydrogens is 208 g/mol. The molecule has 3 heterocycles. The van der Waals surface area contributed by atoms with E-state index < -0.39 is 0 Å². The Morgan fingerprint density at radius 2 is 2.00 bits per heavy atom. The van der Waals surface area contributed by atoms with Crippen LogP contribution in [0.1, 0.15) is 31.2 Å². The average molecular weight is 223 g/mol. The molecule has 0 aliphatic carbocycles. The number of rotatable bonds is 1. The minimum atomic E-state index is 0.228. The van der Waals surface area contributed by atoms with E-state index in [1.165, 1.54) is 44.3 Å². The zero-order valence-corrected chi connectivity index (χ0v) is 9.50. The Bertz CT molecular complexity index is 368. The first-order chi connectivity index (χ1) is 7.33. The Balaban J connectivity index is 2.08. The number of halogens is 1. The van der Waals surface area contributed by atoms with Crippen LogP contribution in [0.3, 0.4) is 0 Å². The fraction of sp³-hybridized carbons (Fsp3) is 0.583. The second kappa shape index (κ2) is 3.46. The van der Waals surface area contributed by atoms with Crippen LogP contribution < -0.4 is 0 Å². The first-order valence-corrected chi connectivity index (χ1v) is 6.07. The van der Waals surface area contributed by atoms with Gasteiger partial charge in [-0.3, -0.25) is 4.90 Å². The van der Waals surface area contributed by atoms with Gasteiger partial charge in [-0.05, 0) is 44.8 Å². The molecule has 15 heavy (non-hydrogen) atoms. The van der Waals surface area contributed by atoms with Crippen LogP contribution in [0.15, 0.2) is 18.3 Å². The molecule has 2 aliphatic heterocycles. The average Bonchev–Trinajstić information content (AvgIpc) is 2.77. The monoisotopic (exact) mass is 222 g/mol. The molecule has 3 heteroatoms. The molecule has 2 saturated heterocycles. The third-order valence-corrected chi connectivity index (χ3v) is 4.20. The summed E-state index contributed by atoms with van der Waals surface area (Å²) in [5.41, 5.74) is 1.48. The Morgan fingerprint density at radius 3 is 2.67 bits per heavy atom. The molecule has 0 N–H and O–H groups in total. The highest BCUT2D eigenvalue weighted by Gasteiger charge is 2.46. The summed E-state index contributed by atoms with van der Waals surface area (Å²) in [5.74, 6) is 0. The van der Waals surface area contributed by atoms with Crippen LogP contribution in [0.5, 0.6) is 0 Å². The molecule has 0 atom stereocenters. The number of hydrogen-bond donors (Lipinski definition) is 0. The van der Waals surface area contributed by atoms with E-state index in [9.17, 15) is 0 Å². The van der Waals surface area contributed by atoms with Crippen molar-refractivity contribution >= 4 is 11.6 Å². The van der Waals surface area contributed by atoms with E-state index in [4.69, 9.17) is 11.6 Å². The van der Waals surface area contributed by atoms with Crippen LogP contribution in [0, 0.1) is 0 Å². The predicted molar refractivity (Wildman–Crippen MR) is 61.0 cm³/mol. The Morgan fingerprint density at radius 1 is 1.27 bits per heavy atom. The van der Waals surface area contributed by atoms with Gasteiger partial charge in [0, 0.05) is 17.3 Å². The first kappa shape index (κ1) is 9.61. The molecule has 0 radical (unpaired) electrons. The summed E-state index contributed by atoms with van der Waals surface area (Å²) >= 11 is 6.23. The molecule has 1 aromatic heterocycles. The summed E-state index contributed by atoms with van der Waals surface area (Å²) in [6.07, 6.45) is 6.87. The lowest BCUT2D eigenvalue weighted by Crippen LogP contribution is -2.35. The van der Waals surface area contributed by atoms with Gasteiger partial charge < -0.3 is 0 Å². The third kappa shape index (κ3) is 1.31. The van der Waals surface area contributed by atoms with Crippen LogP contribution in [0.4, 0.5) is 0 Å². The fourth-order valence-electron chi connectivity index (χ4n) is 3.28. The Hall–Kier alpha value is -0.600. The van der Waals surface area contributed by atoms with Gasteiger partial charge in [-0.25, -0.2) is 4.98 Å². The summed E-state index contributed by atoms with van der Waals surface area (Å²) in [6.45, 7) is 2.45. The number of pyridine rings is 1. The van der Waals surface area contributed by atoms with E-state index in [1.54, 1.807) is 6.20 Å². The lowest BCUT2D eigenvalue weighted by atomic mass is 9.87. The number of fused-ring (bicyclic) bond motifs is 1. The molecule has 80 valence electrons. The maximum Gasteiger partial charge on any atom is 0.134 e. The van der Waals surface area contributed by atoms with Gasteiger partial charge in [0.05, 0.1) is 0 Å². The Kier molecular flexibility index (Phi) is 2.22. The van der Waals surface area contributed by atoms with E-state index in [-0.39, 0.29) is 5.54 Å². The molecule has 1 aromatic rings. The zero-order valence-electron chi connectivity index (χ0n) is 8.75. The van der Waals surface area contributed by atoms with Gasteiger partial charge in [-0.1, -0.05) is 17.7 Å².